The molecule has 24 heavy (non-hydrogen) atoms. The molecule has 5 heteroatoms. The number of aliphatic hydroxyl groups is 1. The van der Waals surface area contributed by atoms with Crippen molar-refractivity contribution >= 4 is 17.5 Å². The number of carbonyl (C=O) groups is 1. The predicted molar refractivity (Wildman–Crippen MR) is 95.4 cm³/mol. The van der Waals surface area contributed by atoms with Crippen molar-refractivity contribution in [2.75, 3.05) is 13.2 Å². The summed E-state index contributed by atoms with van der Waals surface area (Å²) in [6, 6.07) is 16.7. The Hall–Kier alpha value is -2.04. The van der Waals surface area contributed by atoms with E-state index in [1.54, 1.807) is 31.2 Å². The van der Waals surface area contributed by atoms with Crippen LogP contribution in [0.5, 0.6) is 5.75 Å². The van der Waals surface area contributed by atoms with Crippen LogP contribution in [0, 0.1) is 0 Å². The van der Waals surface area contributed by atoms with Crippen molar-refractivity contribution < 1.29 is 14.6 Å². The van der Waals surface area contributed by atoms with Crippen LogP contribution in [0.1, 0.15) is 24.8 Å². The van der Waals surface area contributed by atoms with Crippen LogP contribution in [0.4, 0.5) is 0 Å². The average Bonchev–Trinajstić information content (AvgIpc) is 2.61. The maximum atomic E-state index is 12.2. The molecule has 0 saturated carbocycles. The number of nitrogens with one attached hydrogen (secondary N) is 1. The number of benzene rings is 2. The van der Waals surface area contributed by atoms with E-state index in [9.17, 15) is 9.90 Å². The lowest BCUT2D eigenvalue weighted by Gasteiger charge is -2.19. The zero-order valence-electron chi connectivity index (χ0n) is 13.6. The van der Waals surface area contributed by atoms with Gasteiger partial charge in [-0.2, -0.15) is 0 Å². The normalized spacial score (nSPS) is 13.1. The van der Waals surface area contributed by atoms with Crippen LogP contribution in [0.25, 0.3) is 0 Å². The van der Waals surface area contributed by atoms with Crippen molar-refractivity contribution in [3.63, 3.8) is 0 Å². The molecule has 0 fully saturated rings. The molecule has 0 bridgehead atoms. The van der Waals surface area contributed by atoms with Crippen LogP contribution in [0.3, 0.4) is 0 Å². The van der Waals surface area contributed by atoms with Crippen LogP contribution in [0.2, 0.25) is 5.02 Å². The van der Waals surface area contributed by atoms with E-state index in [1.807, 2.05) is 30.3 Å². The maximum absolute atomic E-state index is 12.2. The first kappa shape index (κ1) is 18.3. The molecule has 2 aromatic rings. The van der Waals surface area contributed by atoms with E-state index in [0.717, 1.165) is 5.56 Å². The lowest BCUT2D eigenvalue weighted by molar-refractivity contribution is -0.127. The van der Waals surface area contributed by atoms with Gasteiger partial charge in [0.2, 0.25) is 0 Å². The zero-order chi connectivity index (χ0) is 17.4. The second kappa shape index (κ2) is 9.30. The molecule has 0 aliphatic rings. The molecule has 128 valence electrons. The smallest absolute Gasteiger partial charge is 0.260 e. The fourth-order valence-electron chi connectivity index (χ4n) is 2.41. The summed E-state index contributed by atoms with van der Waals surface area (Å²) in [6.45, 7) is 2.23. The summed E-state index contributed by atoms with van der Waals surface area (Å²) in [7, 11) is 0. The summed E-state index contributed by atoms with van der Waals surface area (Å²) < 4.78 is 5.61. The Morgan fingerprint density at radius 3 is 2.46 bits per heavy atom. The largest absolute Gasteiger partial charge is 0.481 e. The number of amides is 1. The Morgan fingerprint density at radius 1 is 1.17 bits per heavy atom. The van der Waals surface area contributed by atoms with Gasteiger partial charge in [-0.05, 0) is 43.2 Å². The fourth-order valence-corrected chi connectivity index (χ4v) is 2.53. The second-order valence-electron chi connectivity index (χ2n) is 5.58. The summed E-state index contributed by atoms with van der Waals surface area (Å²) in [4.78, 5) is 12.2. The van der Waals surface area contributed by atoms with Gasteiger partial charge in [-0.15, -0.1) is 0 Å². The standard InChI is InChI=1S/C19H22ClNO3/c1-14(24-18-9-7-17(20)8-10-18)19(23)21-13-16(11-12-22)15-5-3-2-4-6-15/h2-10,14,16,22H,11-13H2,1H3,(H,21,23). The van der Waals surface area contributed by atoms with Crippen LogP contribution in [-0.2, 0) is 4.79 Å². The van der Waals surface area contributed by atoms with Gasteiger partial charge in [0.05, 0.1) is 0 Å². The maximum Gasteiger partial charge on any atom is 0.260 e. The second-order valence-corrected chi connectivity index (χ2v) is 6.02. The van der Waals surface area contributed by atoms with Gasteiger partial charge in [0.15, 0.2) is 6.10 Å². The Balaban J connectivity index is 1.89. The highest BCUT2D eigenvalue weighted by Gasteiger charge is 2.17. The highest BCUT2D eigenvalue weighted by Crippen LogP contribution is 2.19. The summed E-state index contributed by atoms with van der Waals surface area (Å²) in [6.07, 6.45) is -0.0202. The zero-order valence-corrected chi connectivity index (χ0v) is 14.4. The number of hydrogen-bond acceptors (Lipinski definition) is 3. The molecule has 0 aliphatic carbocycles. The number of rotatable bonds is 8. The van der Waals surface area contributed by atoms with Crippen molar-refractivity contribution in [1.82, 2.24) is 5.32 Å². The topological polar surface area (TPSA) is 58.6 Å². The molecular formula is C19H22ClNO3. The molecule has 0 aromatic heterocycles. The average molecular weight is 348 g/mol. The summed E-state index contributed by atoms with van der Waals surface area (Å²) >= 11 is 5.83. The van der Waals surface area contributed by atoms with Gasteiger partial charge in [-0.3, -0.25) is 4.79 Å². The molecule has 0 radical (unpaired) electrons. The first-order valence-electron chi connectivity index (χ1n) is 7.96. The van der Waals surface area contributed by atoms with Gasteiger partial charge >= 0.3 is 0 Å². The van der Waals surface area contributed by atoms with Crippen molar-refractivity contribution in [1.29, 1.82) is 0 Å². The number of ether oxygens (including phenoxy) is 1. The quantitative estimate of drug-likeness (QED) is 0.769. The number of aliphatic hydroxyl groups excluding tert-OH is 1. The molecule has 2 rings (SSSR count). The van der Waals surface area contributed by atoms with Gasteiger partial charge < -0.3 is 15.2 Å². The van der Waals surface area contributed by atoms with E-state index in [4.69, 9.17) is 16.3 Å². The van der Waals surface area contributed by atoms with Crippen molar-refractivity contribution in [3.05, 3.63) is 65.2 Å². The lowest BCUT2D eigenvalue weighted by Crippen LogP contribution is -2.38. The molecule has 0 aliphatic heterocycles. The van der Waals surface area contributed by atoms with Crippen LogP contribution >= 0.6 is 11.6 Å². The van der Waals surface area contributed by atoms with E-state index in [0.29, 0.717) is 23.7 Å². The number of halogens is 1. The Labute approximate surface area is 147 Å². The monoisotopic (exact) mass is 347 g/mol. The third-order valence-corrected chi connectivity index (χ3v) is 4.02. The van der Waals surface area contributed by atoms with Gasteiger partial charge in [0.25, 0.3) is 5.91 Å². The molecule has 1 amide bonds. The highest BCUT2D eigenvalue weighted by molar-refractivity contribution is 6.30. The fraction of sp³-hybridized carbons (Fsp3) is 0.316. The minimum atomic E-state index is -0.614. The molecule has 0 saturated heterocycles. The third kappa shape index (κ3) is 5.55. The molecule has 0 spiro atoms. The van der Waals surface area contributed by atoms with Crippen molar-refractivity contribution in [3.8, 4) is 5.75 Å². The van der Waals surface area contributed by atoms with Gasteiger partial charge in [-0.25, -0.2) is 0 Å². The van der Waals surface area contributed by atoms with Crippen LogP contribution < -0.4 is 10.1 Å². The van der Waals surface area contributed by atoms with E-state index < -0.39 is 6.10 Å². The summed E-state index contributed by atoms with van der Waals surface area (Å²) in [5, 5.41) is 12.8. The first-order valence-corrected chi connectivity index (χ1v) is 8.33. The summed E-state index contributed by atoms with van der Waals surface area (Å²) in [5.74, 6) is 0.476. The van der Waals surface area contributed by atoms with E-state index in [1.165, 1.54) is 0 Å². The molecule has 2 unspecified atom stereocenters. The number of hydrogen-bond donors (Lipinski definition) is 2. The Morgan fingerprint density at radius 2 is 1.83 bits per heavy atom. The molecule has 2 atom stereocenters. The Kier molecular flexibility index (Phi) is 7.09. The molecule has 2 aromatic carbocycles. The van der Waals surface area contributed by atoms with Gasteiger partial charge in [0, 0.05) is 24.1 Å². The third-order valence-electron chi connectivity index (χ3n) is 3.77. The number of carbonyl (C=O) groups excluding carboxylic acids is 1. The molecule has 0 heterocycles. The molecule has 2 N–H and O–H groups in total. The first-order chi connectivity index (χ1) is 11.6. The van der Waals surface area contributed by atoms with Crippen LogP contribution in [-0.4, -0.2) is 30.3 Å². The van der Waals surface area contributed by atoms with Crippen molar-refractivity contribution in [2.45, 2.75) is 25.4 Å². The lowest BCUT2D eigenvalue weighted by atomic mass is 9.96. The minimum absolute atomic E-state index is 0.0721. The van der Waals surface area contributed by atoms with Crippen molar-refractivity contribution in [2.24, 2.45) is 0 Å². The Bertz CT molecular complexity index is 631. The minimum Gasteiger partial charge on any atom is -0.481 e. The highest BCUT2D eigenvalue weighted by atomic mass is 35.5. The van der Waals surface area contributed by atoms with Crippen LogP contribution in [0.15, 0.2) is 54.6 Å². The predicted octanol–water partition coefficient (Wildman–Crippen LogP) is 3.39. The van der Waals surface area contributed by atoms with Gasteiger partial charge in [-0.1, -0.05) is 41.9 Å². The molecular weight excluding hydrogens is 326 g/mol. The SMILES string of the molecule is CC(Oc1ccc(Cl)cc1)C(=O)NCC(CCO)c1ccccc1. The van der Waals surface area contributed by atoms with E-state index >= 15 is 0 Å². The summed E-state index contributed by atoms with van der Waals surface area (Å²) in [5.41, 5.74) is 1.10. The van der Waals surface area contributed by atoms with E-state index in [2.05, 4.69) is 5.32 Å². The van der Waals surface area contributed by atoms with E-state index in [-0.39, 0.29) is 18.4 Å². The van der Waals surface area contributed by atoms with Gasteiger partial charge in [0.1, 0.15) is 5.75 Å². The molecule has 4 nitrogen and oxygen atoms in total.